The summed E-state index contributed by atoms with van der Waals surface area (Å²) < 4.78 is 18.4. The fraction of sp³-hybridized carbons (Fsp3) is 0. The zero-order valence-electron chi connectivity index (χ0n) is 10.6. The molecule has 4 nitrogen and oxygen atoms in total. The molecule has 106 valence electrons. The number of anilines is 1. The lowest BCUT2D eigenvalue weighted by Crippen LogP contribution is -1.86. The quantitative estimate of drug-likeness (QED) is 0.778. The molecule has 1 aromatic heterocycles. The topological polar surface area (TPSA) is 61.0 Å². The number of hydrogen-bond donors (Lipinski definition) is 1. The maximum atomic E-state index is 12.8. The Morgan fingerprint density at radius 2 is 1.76 bits per heavy atom. The van der Waals surface area contributed by atoms with Crippen molar-refractivity contribution in [3.63, 3.8) is 0 Å². The molecule has 0 amide bonds. The number of benzene rings is 2. The van der Waals surface area contributed by atoms with E-state index in [1.165, 1.54) is 23.5 Å². The molecule has 0 saturated heterocycles. The Balaban J connectivity index is 1.85. The molecular formula is C14H9ClFN3OS. The normalized spacial score (nSPS) is 10.6. The highest BCUT2D eigenvalue weighted by molar-refractivity contribution is 7.18. The second kappa shape index (κ2) is 5.67. The molecule has 21 heavy (non-hydrogen) atoms. The van der Waals surface area contributed by atoms with Crippen molar-refractivity contribution in [1.29, 1.82) is 0 Å². The summed E-state index contributed by atoms with van der Waals surface area (Å²) in [6, 6.07) is 10.9. The number of aromatic nitrogens is 2. The average molecular weight is 322 g/mol. The van der Waals surface area contributed by atoms with E-state index in [9.17, 15) is 4.39 Å². The van der Waals surface area contributed by atoms with Gasteiger partial charge in [-0.3, -0.25) is 0 Å². The first-order valence-corrected chi connectivity index (χ1v) is 7.13. The van der Waals surface area contributed by atoms with Crippen LogP contribution in [0.15, 0.2) is 42.5 Å². The molecule has 0 unspecified atom stereocenters. The van der Waals surface area contributed by atoms with Crippen molar-refractivity contribution >= 4 is 28.1 Å². The van der Waals surface area contributed by atoms with Gasteiger partial charge in [0.15, 0.2) is 5.01 Å². The lowest BCUT2D eigenvalue weighted by atomic mass is 10.2. The van der Waals surface area contributed by atoms with E-state index >= 15 is 0 Å². The van der Waals surface area contributed by atoms with E-state index in [2.05, 4.69) is 10.2 Å². The largest absolute Gasteiger partial charge is 0.457 e. The average Bonchev–Trinajstić information content (AvgIpc) is 2.88. The van der Waals surface area contributed by atoms with Gasteiger partial charge in [0.25, 0.3) is 0 Å². The van der Waals surface area contributed by atoms with Crippen LogP contribution in [-0.4, -0.2) is 10.2 Å². The number of rotatable bonds is 3. The van der Waals surface area contributed by atoms with Gasteiger partial charge in [-0.25, -0.2) is 4.39 Å². The van der Waals surface area contributed by atoms with E-state index in [0.717, 1.165) is 5.56 Å². The molecule has 3 rings (SSSR count). The van der Waals surface area contributed by atoms with Crippen LogP contribution >= 0.6 is 22.9 Å². The van der Waals surface area contributed by atoms with Crippen LogP contribution < -0.4 is 10.5 Å². The summed E-state index contributed by atoms with van der Waals surface area (Å²) >= 11 is 7.48. The molecule has 7 heteroatoms. The van der Waals surface area contributed by atoms with Crippen LogP contribution in [0.5, 0.6) is 11.5 Å². The van der Waals surface area contributed by atoms with Gasteiger partial charge in [-0.2, -0.15) is 0 Å². The Labute approximate surface area is 129 Å². The predicted octanol–water partition coefficient (Wildman–Crippen LogP) is 4.37. The van der Waals surface area contributed by atoms with Crippen LogP contribution in [0.4, 0.5) is 9.52 Å². The van der Waals surface area contributed by atoms with Crippen LogP contribution in [0.1, 0.15) is 0 Å². The van der Waals surface area contributed by atoms with Gasteiger partial charge < -0.3 is 10.5 Å². The van der Waals surface area contributed by atoms with Crippen LogP contribution in [-0.2, 0) is 0 Å². The lowest BCUT2D eigenvalue weighted by molar-refractivity contribution is 0.480. The smallest absolute Gasteiger partial charge is 0.203 e. The van der Waals surface area contributed by atoms with Crippen molar-refractivity contribution in [2.24, 2.45) is 0 Å². The highest BCUT2D eigenvalue weighted by atomic mass is 35.5. The molecule has 0 atom stereocenters. The summed E-state index contributed by atoms with van der Waals surface area (Å²) in [7, 11) is 0. The second-order valence-electron chi connectivity index (χ2n) is 4.14. The molecule has 0 bridgehead atoms. The first-order valence-electron chi connectivity index (χ1n) is 5.94. The van der Waals surface area contributed by atoms with Crippen molar-refractivity contribution in [2.45, 2.75) is 0 Å². The van der Waals surface area contributed by atoms with E-state index in [1.807, 2.05) is 0 Å². The summed E-state index contributed by atoms with van der Waals surface area (Å²) in [6.45, 7) is 0. The fourth-order valence-electron chi connectivity index (χ4n) is 1.71. The summed E-state index contributed by atoms with van der Waals surface area (Å²) in [5.41, 5.74) is 6.29. The minimum Gasteiger partial charge on any atom is -0.457 e. The van der Waals surface area contributed by atoms with Gasteiger partial charge in [-0.15, -0.1) is 10.2 Å². The van der Waals surface area contributed by atoms with Crippen molar-refractivity contribution < 1.29 is 9.13 Å². The van der Waals surface area contributed by atoms with Gasteiger partial charge in [0, 0.05) is 11.6 Å². The van der Waals surface area contributed by atoms with Crippen LogP contribution in [0.2, 0.25) is 5.02 Å². The lowest BCUT2D eigenvalue weighted by Gasteiger charge is -2.07. The Morgan fingerprint density at radius 3 is 2.38 bits per heavy atom. The molecule has 0 spiro atoms. The van der Waals surface area contributed by atoms with Gasteiger partial charge in [0.05, 0.1) is 5.02 Å². The van der Waals surface area contributed by atoms with Crippen molar-refractivity contribution in [3.05, 3.63) is 53.3 Å². The van der Waals surface area contributed by atoms with Gasteiger partial charge in [-0.1, -0.05) is 22.9 Å². The third kappa shape index (κ3) is 3.12. The Bertz CT molecular complexity index is 776. The molecule has 2 aromatic carbocycles. The summed E-state index contributed by atoms with van der Waals surface area (Å²) in [4.78, 5) is 0. The summed E-state index contributed by atoms with van der Waals surface area (Å²) in [6.07, 6.45) is 0. The number of halogens is 2. The van der Waals surface area contributed by atoms with Gasteiger partial charge in [0.2, 0.25) is 5.13 Å². The molecule has 0 radical (unpaired) electrons. The molecule has 0 aliphatic rings. The Hall–Kier alpha value is -2.18. The van der Waals surface area contributed by atoms with Crippen molar-refractivity contribution in [3.8, 4) is 22.1 Å². The number of ether oxygens (including phenoxy) is 1. The number of nitrogens with two attached hydrogens (primary N) is 1. The number of hydrogen-bond acceptors (Lipinski definition) is 5. The zero-order valence-corrected chi connectivity index (χ0v) is 12.2. The molecule has 2 N–H and O–H groups in total. The first kappa shape index (κ1) is 13.8. The minimum atomic E-state index is -0.315. The van der Waals surface area contributed by atoms with Crippen molar-refractivity contribution in [1.82, 2.24) is 10.2 Å². The van der Waals surface area contributed by atoms with Gasteiger partial charge in [0.1, 0.15) is 17.3 Å². The molecule has 1 heterocycles. The third-order valence-corrected chi connectivity index (χ3v) is 3.76. The molecule has 0 saturated carbocycles. The van der Waals surface area contributed by atoms with E-state index < -0.39 is 0 Å². The standard InChI is InChI=1S/C14H9ClFN3OS/c15-12-7-10(20-9-3-1-8(16)2-4-9)5-6-11(12)13-18-19-14(17)21-13/h1-7H,(H2,17,19). The highest BCUT2D eigenvalue weighted by Crippen LogP contribution is 2.34. The zero-order chi connectivity index (χ0) is 14.8. The SMILES string of the molecule is Nc1nnc(-c2ccc(Oc3ccc(F)cc3)cc2Cl)s1. The molecule has 0 aliphatic heterocycles. The number of nitrogen functional groups attached to an aromatic ring is 1. The van der Waals surface area contributed by atoms with Crippen LogP contribution in [0.3, 0.4) is 0 Å². The molecule has 0 fully saturated rings. The summed E-state index contributed by atoms with van der Waals surface area (Å²) in [5.74, 6) is 0.762. The second-order valence-corrected chi connectivity index (χ2v) is 5.56. The molecule has 0 aliphatic carbocycles. The maximum Gasteiger partial charge on any atom is 0.203 e. The molecule has 3 aromatic rings. The van der Waals surface area contributed by atoms with E-state index in [4.69, 9.17) is 22.1 Å². The van der Waals surface area contributed by atoms with Crippen molar-refractivity contribution in [2.75, 3.05) is 5.73 Å². The molecular weight excluding hydrogens is 313 g/mol. The summed E-state index contributed by atoms with van der Waals surface area (Å²) in [5, 5.41) is 9.20. The van der Waals surface area contributed by atoms with Crippen LogP contribution in [0, 0.1) is 5.82 Å². The van der Waals surface area contributed by atoms with E-state index in [0.29, 0.717) is 26.7 Å². The maximum absolute atomic E-state index is 12.8. The van der Waals surface area contributed by atoms with Crippen LogP contribution in [0.25, 0.3) is 10.6 Å². The Morgan fingerprint density at radius 1 is 1.05 bits per heavy atom. The minimum absolute atomic E-state index is 0.315. The number of nitrogens with zero attached hydrogens (tertiary/aromatic N) is 2. The monoisotopic (exact) mass is 321 g/mol. The third-order valence-electron chi connectivity index (χ3n) is 2.66. The van der Waals surface area contributed by atoms with Gasteiger partial charge >= 0.3 is 0 Å². The Kier molecular flexibility index (Phi) is 3.72. The first-order chi connectivity index (χ1) is 10.1. The van der Waals surface area contributed by atoms with Gasteiger partial charge in [-0.05, 0) is 36.4 Å². The predicted molar refractivity (Wildman–Crippen MR) is 81.2 cm³/mol. The fourth-order valence-corrected chi connectivity index (χ4v) is 2.68. The van der Waals surface area contributed by atoms with E-state index in [-0.39, 0.29) is 5.82 Å². The highest BCUT2D eigenvalue weighted by Gasteiger charge is 2.10. The van der Waals surface area contributed by atoms with E-state index in [1.54, 1.807) is 30.3 Å².